The molecule has 35 heavy (non-hydrogen) atoms. The van der Waals surface area contributed by atoms with Gasteiger partial charge in [-0.15, -0.1) is 0 Å². The van der Waals surface area contributed by atoms with E-state index >= 15 is 0 Å². The van der Waals surface area contributed by atoms with Gasteiger partial charge in [0, 0.05) is 44.2 Å². The van der Waals surface area contributed by atoms with Crippen molar-refractivity contribution in [3.05, 3.63) is 40.8 Å². The SMILES string of the molecule is CC.CCOC(CNC(=O)/C(CC)=C(\C)NCCCC1C(=O)Nc2ccc(F)cc21)C(=O)N(C)C. The second-order valence-electron chi connectivity index (χ2n) is 8.19. The van der Waals surface area contributed by atoms with Gasteiger partial charge in [-0.3, -0.25) is 14.4 Å². The van der Waals surface area contributed by atoms with Crippen LogP contribution < -0.4 is 16.0 Å². The number of amides is 3. The number of benzene rings is 1. The fraction of sp³-hybridized carbons (Fsp3) is 0.577. The zero-order valence-electron chi connectivity index (χ0n) is 22.1. The maximum Gasteiger partial charge on any atom is 0.253 e. The summed E-state index contributed by atoms with van der Waals surface area (Å²) in [6.07, 6.45) is 1.03. The highest BCUT2D eigenvalue weighted by Gasteiger charge is 2.30. The summed E-state index contributed by atoms with van der Waals surface area (Å²) in [6, 6.07) is 4.33. The lowest BCUT2D eigenvalue weighted by molar-refractivity contribution is -0.140. The van der Waals surface area contributed by atoms with Crippen molar-refractivity contribution in [2.45, 2.75) is 65.9 Å². The normalized spacial score (nSPS) is 15.7. The highest BCUT2D eigenvalue weighted by atomic mass is 19.1. The fourth-order valence-electron chi connectivity index (χ4n) is 3.87. The zero-order chi connectivity index (χ0) is 26.5. The van der Waals surface area contributed by atoms with Gasteiger partial charge < -0.3 is 25.6 Å². The fourth-order valence-corrected chi connectivity index (χ4v) is 3.87. The van der Waals surface area contributed by atoms with Crippen molar-refractivity contribution in [1.29, 1.82) is 0 Å². The number of carbonyl (C=O) groups excluding carboxylic acids is 3. The number of hydrogen-bond donors (Lipinski definition) is 3. The first-order chi connectivity index (χ1) is 16.7. The van der Waals surface area contributed by atoms with E-state index in [9.17, 15) is 18.8 Å². The molecule has 3 N–H and O–H groups in total. The van der Waals surface area contributed by atoms with E-state index in [1.807, 2.05) is 27.7 Å². The summed E-state index contributed by atoms with van der Waals surface area (Å²) in [5, 5.41) is 8.83. The second-order valence-corrected chi connectivity index (χ2v) is 8.19. The standard InChI is InChI=1S/C24H35FN4O4.C2H6/c1-6-17(22(30)27-14-21(33-7-2)24(32)29(4)5)15(3)26-12-8-9-18-19-13-16(25)10-11-20(19)28-23(18)31;1-2/h10-11,13,18,21,26H,6-9,12,14H2,1-5H3,(H,27,30)(H,28,31);1-2H3/b17-15+;. The molecule has 0 saturated carbocycles. The van der Waals surface area contributed by atoms with E-state index in [0.717, 1.165) is 5.70 Å². The van der Waals surface area contributed by atoms with Crippen LogP contribution >= 0.6 is 0 Å². The van der Waals surface area contributed by atoms with Gasteiger partial charge in [-0.25, -0.2) is 4.39 Å². The Labute approximate surface area is 208 Å². The molecule has 1 heterocycles. The molecule has 0 bridgehead atoms. The number of ether oxygens (including phenoxy) is 1. The third-order valence-corrected chi connectivity index (χ3v) is 5.64. The maximum atomic E-state index is 13.6. The molecule has 0 spiro atoms. The Balaban J connectivity index is 0.00000298. The summed E-state index contributed by atoms with van der Waals surface area (Å²) in [4.78, 5) is 38.6. The van der Waals surface area contributed by atoms with Crippen LogP contribution in [0.3, 0.4) is 0 Å². The molecule has 9 heteroatoms. The minimum Gasteiger partial charge on any atom is -0.388 e. The summed E-state index contributed by atoms with van der Waals surface area (Å²) < 4.78 is 19.0. The van der Waals surface area contributed by atoms with E-state index in [1.165, 1.54) is 17.0 Å². The van der Waals surface area contributed by atoms with Gasteiger partial charge in [0.25, 0.3) is 5.91 Å². The summed E-state index contributed by atoms with van der Waals surface area (Å²) in [6.45, 7) is 10.5. The van der Waals surface area contributed by atoms with Gasteiger partial charge in [0.05, 0.1) is 12.5 Å². The Hall–Kier alpha value is -2.94. The first kappa shape index (κ1) is 30.1. The molecule has 0 fully saturated rings. The van der Waals surface area contributed by atoms with Crippen LogP contribution in [-0.4, -0.2) is 62.5 Å². The predicted molar refractivity (Wildman–Crippen MR) is 136 cm³/mol. The van der Waals surface area contributed by atoms with Crippen LogP contribution in [0.5, 0.6) is 0 Å². The summed E-state index contributed by atoms with van der Waals surface area (Å²) in [7, 11) is 3.29. The Morgan fingerprint density at radius 3 is 2.49 bits per heavy atom. The van der Waals surface area contributed by atoms with Gasteiger partial charge in [0.1, 0.15) is 5.82 Å². The monoisotopic (exact) mass is 492 g/mol. The summed E-state index contributed by atoms with van der Waals surface area (Å²) in [5.41, 5.74) is 2.69. The number of rotatable bonds is 12. The van der Waals surface area contributed by atoms with Gasteiger partial charge in [-0.05, 0) is 56.9 Å². The zero-order valence-corrected chi connectivity index (χ0v) is 22.1. The number of nitrogens with one attached hydrogen (secondary N) is 3. The maximum absolute atomic E-state index is 13.6. The quantitative estimate of drug-likeness (QED) is 0.306. The molecule has 1 aliphatic heterocycles. The number of fused-ring (bicyclic) bond motifs is 1. The lowest BCUT2D eigenvalue weighted by atomic mass is 9.95. The average molecular weight is 493 g/mol. The van der Waals surface area contributed by atoms with Gasteiger partial charge in [0.2, 0.25) is 11.8 Å². The number of carbonyl (C=O) groups is 3. The number of anilines is 1. The highest BCUT2D eigenvalue weighted by Crippen LogP contribution is 2.35. The van der Waals surface area contributed by atoms with Crippen LogP contribution in [0.15, 0.2) is 29.5 Å². The lowest BCUT2D eigenvalue weighted by Crippen LogP contribution is -2.44. The van der Waals surface area contributed by atoms with Crippen LogP contribution in [0.1, 0.15) is 65.4 Å². The Kier molecular flexibility index (Phi) is 13.0. The van der Waals surface area contributed by atoms with Crippen molar-refractivity contribution in [2.75, 3.05) is 39.1 Å². The van der Waals surface area contributed by atoms with Gasteiger partial charge in [0.15, 0.2) is 6.10 Å². The topological polar surface area (TPSA) is 99.8 Å². The minimum atomic E-state index is -0.731. The lowest BCUT2D eigenvalue weighted by Gasteiger charge is -2.21. The minimum absolute atomic E-state index is 0.0905. The Morgan fingerprint density at radius 1 is 1.20 bits per heavy atom. The molecule has 0 radical (unpaired) electrons. The molecule has 1 aromatic rings. The van der Waals surface area contributed by atoms with Gasteiger partial charge in [-0.2, -0.15) is 0 Å². The molecule has 8 nitrogen and oxygen atoms in total. The van der Waals surface area contributed by atoms with Crippen molar-refractivity contribution in [3.63, 3.8) is 0 Å². The van der Waals surface area contributed by atoms with Crippen LogP contribution in [0, 0.1) is 5.82 Å². The van der Waals surface area contributed by atoms with E-state index in [1.54, 1.807) is 27.1 Å². The number of likely N-dealkylation sites (N-methyl/N-ethyl adjacent to an activating group) is 1. The van der Waals surface area contributed by atoms with E-state index in [-0.39, 0.29) is 36.0 Å². The molecule has 2 atom stereocenters. The average Bonchev–Trinajstić information content (AvgIpc) is 3.14. The van der Waals surface area contributed by atoms with Crippen LogP contribution in [0.2, 0.25) is 0 Å². The van der Waals surface area contributed by atoms with E-state index in [4.69, 9.17) is 4.74 Å². The first-order valence-corrected chi connectivity index (χ1v) is 12.3. The van der Waals surface area contributed by atoms with Crippen LogP contribution in [-0.2, 0) is 19.1 Å². The first-order valence-electron chi connectivity index (χ1n) is 12.3. The van der Waals surface area contributed by atoms with E-state index in [2.05, 4.69) is 16.0 Å². The number of nitrogens with zero attached hydrogens (tertiary/aromatic N) is 1. The van der Waals surface area contributed by atoms with Crippen molar-refractivity contribution in [1.82, 2.24) is 15.5 Å². The Bertz CT molecular complexity index is 901. The molecule has 0 aliphatic carbocycles. The van der Waals surface area contributed by atoms with Crippen LogP contribution in [0.25, 0.3) is 0 Å². The molecular weight excluding hydrogens is 451 g/mol. The Morgan fingerprint density at radius 2 is 1.89 bits per heavy atom. The van der Waals surface area contributed by atoms with Crippen molar-refractivity contribution in [2.24, 2.45) is 0 Å². The molecule has 0 saturated heterocycles. The molecule has 0 aromatic heterocycles. The smallest absolute Gasteiger partial charge is 0.253 e. The largest absolute Gasteiger partial charge is 0.388 e. The van der Waals surface area contributed by atoms with Gasteiger partial charge in [-0.1, -0.05) is 20.8 Å². The van der Waals surface area contributed by atoms with E-state index < -0.39 is 6.10 Å². The molecule has 196 valence electrons. The van der Waals surface area contributed by atoms with Crippen molar-refractivity contribution in [3.8, 4) is 0 Å². The van der Waals surface area contributed by atoms with Crippen LogP contribution in [0.4, 0.5) is 10.1 Å². The summed E-state index contributed by atoms with van der Waals surface area (Å²) >= 11 is 0. The third-order valence-electron chi connectivity index (χ3n) is 5.64. The highest BCUT2D eigenvalue weighted by molar-refractivity contribution is 6.02. The molecule has 2 unspecified atom stereocenters. The predicted octanol–water partition coefficient (Wildman–Crippen LogP) is 3.55. The second kappa shape index (κ2) is 15.1. The third kappa shape index (κ3) is 8.65. The van der Waals surface area contributed by atoms with Crippen molar-refractivity contribution >= 4 is 23.4 Å². The number of halogens is 1. The number of allylic oxidation sites excluding steroid dienone is 1. The molecule has 1 aromatic carbocycles. The molecule has 2 rings (SSSR count). The van der Waals surface area contributed by atoms with E-state index in [0.29, 0.717) is 49.2 Å². The molecule has 1 aliphatic rings. The molecular formula is C26H41FN4O4. The molecule has 3 amide bonds. The van der Waals surface area contributed by atoms with Gasteiger partial charge >= 0.3 is 0 Å². The van der Waals surface area contributed by atoms with Crippen molar-refractivity contribution < 1.29 is 23.5 Å². The number of hydrogen-bond acceptors (Lipinski definition) is 5. The summed E-state index contributed by atoms with van der Waals surface area (Å²) in [5.74, 6) is -1.30.